The third kappa shape index (κ3) is 2.29. The predicted molar refractivity (Wildman–Crippen MR) is 74.7 cm³/mol. The molecule has 0 saturated heterocycles. The van der Waals surface area contributed by atoms with E-state index in [0.29, 0.717) is 11.7 Å². The maximum Gasteiger partial charge on any atom is 0.307 e. The monoisotopic (exact) mass is 286 g/mol. The van der Waals surface area contributed by atoms with Crippen LogP contribution in [0.5, 0.6) is 0 Å². The van der Waals surface area contributed by atoms with Crippen LogP contribution in [0.4, 0.5) is 0 Å². The minimum absolute atomic E-state index is 0.310. The van der Waals surface area contributed by atoms with Crippen molar-refractivity contribution in [2.45, 2.75) is 19.8 Å². The first-order valence-electron chi connectivity index (χ1n) is 6.61. The van der Waals surface area contributed by atoms with E-state index >= 15 is 0 Å². The normalized spacial score (nSPS) is 14.2. The topological polar surface area (TPSA) is 89.4 Å². The molecule has 0 amide bonds. The quantitative estimate of drug-likeness (QED) is 0.791. The zero-order valence-corrected chi connectivity index (χ0v) is 11.6. The van der Waals surface area contributed by atoms with Gasteiger partial charge in [0, 0.05) is 11.3 Å². The molecule has 6 nitrogen and oxygen atoms in total. The second kappa shape index (κ2) is 5.05. The SMILES string of the molecule is CC(C(=O)O)C(C)c1nc(-c2coc3ccccc23)no1. The highest BCUT2D eigenvalue weighted by atomic mass is 16.5. The molecule has 1 N–H and O–H groups in total. The number of hydrogen-bond donors (Lipinski definition) is 1. The summed E-state index contributed by atoms with van der Waals surface area (Å²) in [6.07, 6.45) is 1.57. The van der Waals surface area contributed by atoms with Crippen LogP contribution >= 0.6 is 0 Å². The average Bonchev–Trinajstić information content (AvgIpc) is 3.11. The minimum atomic E-state index is -0.893. The van der Waals surface area contributed by atoms with E-state index in [9.17, 15) is 4.79 Å². The largest absolute Gasteiger partial charge is 0.481 e. The smallest absolute Gasteiger partial charge is 0.307 e. The van der Waals surface area contributed by atoms with Gasteiger partial charge in [-0.25, -0.2) is 0 Å². The van der Waals surface area contributed by atoms with E-state index in [0.717, 1.165) is 16.5 Å². The van der Waals surface area contributed by atoms with Crippen molar-refractivity contribution < 1.29 is 18.8 Å². The van der Waals surface area contributed by atoms with Crippen LogP contribution < -0.4 is 0 Å². The lowest BCUT2D eigenvalue weighted by Crippen LogP contribution is -2.16. The lowest BCUT2D eigenvalue weighted by molar-refractivity contribution is -0.141. The Hall–Kier alpha value is -2.63. The fourth-order valence-electron chi connectivity index (χ4n) is 2.11. The molecule has 21 heavy (non-hydrogen) atoms. The molecule has 3 rings (SSSR count). The molecule has 0 aliphatic carbocycles. The van der Waals surface area contributed by atoms with E-state index in [1.165, 1.54) is 0 Å². The van der Waals surface area contributed by atoms with Gasteiger partial charge in [-0.15, -0.1) is 0 Å². The highest BCUT2D eigenvalue weighted by Gasteiger charge is 2.26. The first-order chi connectivity index (χ1) is 10.1. The summed E-state index contributed by atoms with van der Waals surface area (Å²) in [5.41, 5.74) is 1.47. The van der Waals surface area contributed by atoms with Gasteiger partial charge in [-0.1, -0.05) is 37.2 Å². The Balaban J connectivity index is 1.97. The van der Waals surface area contributed by atoms with Gasteiger partial charge in [0.1, 0.15) is 11.8 Å². The number of carboxylic acids is 1. The van der Waals surface area contributed by atoms with Crippen LogP contribution in [0.3, 0.4) is 0 Å². The summed E-state index contributed by atoms with van der Waals surface area (Å²) in [6, 6.07) is 7.55. The Labute approximate surface area is 120 Å². The number of para-hydroxylation sites is 1. The molecule has 2 heterocycles. The van der Waals surface area contributed by atoms with Crippen molar-refractivity contribution in [3.8, 4) is 11.4 Å². The van der Waals surface area contributed by atoms with Crippen LogP contribution in [0, 0.1) is 5.92 Å². The van der Waals surface area contributed by atoms with Gasteiger partial charge in [-0.05, 0) is 6.07 Å². The van der Waals surface area contributed by atoms with E-state index in [4.69, 9.17) is 14.0 Å². The summed E-state index contributed by atoms with van der Waals surface area (Å²) in [5, 5.41) is 13.9. The fourth-order valence-corrected chi connectivity index (χ4v) is 2.11. The van der Waals surface area contributed by atoms with E-state index in [2.05, 4.69) is 10.1 Å². The lowest BCUT2D eigenvalue weighted by atomic mass is 9.96. The maximum absolute atomic E-state index is 11.0. The molecule has 0 aliphatic heterocycles. The summed E-state index contributed by atoms with van der Waals surface area (Å²) in [6.45, 7) is 3.37. The van der Waals surface area contributed by atoms with Crippen LogP contribution in [0.25, 0.3) is 22.4 Å². The Morgan fingerprint density at radius 2 is 2.05 bits per heavy atom. The van der Waals surface area contributed by atoms with Gasteiger partial charge in [0.2, 0.25) is 11.7 Å². The minimum Gasteiger partial charge on any atom is -0.481 e. The molecule has 0 aliphatic rings. The van der Waals surface area contributed by atoms with Crippen molar-refractivity contribution in [2.24, 2.45) is 5.92 Å². The van der Waals surface area contributed by atoms with Gasteiger partial charge in [0.15, 0.2) is 0 Å². The zero-order valence-electron chi connectivity index (χ0n) is 11.6. The molecular formula is C15H14N2O4. The first-order valence-corrected chi connectivity index (χ1v) is 6.61. The highest BCUT2D eigenvalue weighted by molar-refractivity contribution is 5.91. The van der Waals surface area contributed by atoms with Crippen molar-refractivity contribution in [3.63, 3.8) is 0 Å². The van der Waals surface area contributed by atoms with Gasteiger partial charge in [0.05, 0.1) is 11.5 Å². The number of fused-ring (bicyclic) bond motifs is 1. The second-order valence-electron chi connectivity index (χ2n) is 5.02. The van der Waals surface area contributed by atoms with Crippen LogP contribution in [-0.2, 0) is 4.79 Å². The summed E-state index contributed by atoms with van der Waals surface area (Å²) in [5.74, 6) is -1.14. The molecule has 0 saturated carbocycles. The first kappa shape index (κ1) is 13.4. The fraction of sp³-hybridized carbons (Fsp3) is 0.267. The Morgan fingerprint density at radius 1 is 1.29 bits per heavy atom. The van der Waals surface area contributed by atoms with Crippen LogP contribution in [0.1, 0.15) is 25.7 Å². The van der Waals surface area contributed by atoms with Crippen LogP contribution in [0.15, 0.2) is 39.5 Å². The molecule has 2 atom stereocenters. The number of hydrogen-bond acceptors (Lipinski definition) is 5. The number of aromatic nitrogens is 2. The number of furan rings is 1. The molecule has 0 bridgehead atoms. The average molecular weight is 286 g/mol. The molecule has 6 heteroatoms. The molecule has 108 valence electrons. The molecule has 0 spiro atoms. The van der Waals surface area contributed by atoms with Gasteiger partial charge < -0.3 is 14.0 Å². The van der Waals surface area contributed by atoms with Crippen molar-refractivity contribution in [1.29, 1.82) is 0 Å². The van der Waals surface area contributed by atoms with Crippen molar-refractivity contribution >= 4 is 16.9 Å². The zero-order chi connectivity index (χ0) is 15.0. The van der Waals surface area contributed by atoms with Crippen molar-refractivity contribution in [2.75, 3.05) is 0 Å². The molecule has 1 aromatic carbocycles. The number of carbonyl (C=O) groups is 1. The molecular weight excluding hydrogens is 272 g/mol. The van der Waals surface area contributed by atoms with Gasteiger partial charge in [-0.3, -0.25) is 4.79 Å². The van der Waals surface area contributed by atoms with Gasteiger partial charge in [-0.2, -0.15) is 4.98 Å². The Kier molecular flexibility index (Phi) is 3.21. The van der Waals surface area contributed by atoms with E-state index in [-0.39, 0.29) is 5.92 Å². The highest BCUT2D eigenvalue weighted by Crippen LogP contribution is 2.30. The van der Waals surface area contributed by atoms with Crippen LogP contribution in [-0.4, -0.2) is 21.2 Å². The molecule has 0 radical (unpaired) electrons. The van der Waals surface area contributed by atoms with Crippen LogP contribution in [0.2, 0.25) is 0 Å². The molecule has 2 aromatic heterocycles. The van der Waals surface area contributed by atoms with Gasteiger partial charge in [0.25, 0.3) is 0 Å². The maximum atomic E-state index is 11.0. The van der Waals surface area contributed by atoms with E-state index in [1.54, 1.807) is 20.1 Å². The van der Waals surface area contributed by atoms with E-state index < -0.39 is 11.9 Å². The van der Waals surface area contributed by atoms with Crippen molar-refractivity contribution in [1.82, 2.24) is 10.1 Å². The summed E-state index contributed by atoms with van der Waals surface area (Å²) < 4.78 is 10.6. The Morgan fingerprint density at radius 3 is 2.81 bits per heavy atom. The number of rotatable bonds is 4. The van der Waals surface area contributed by atoms with Gasteiger partial charge >= 0.3 is 5.97 Å². The standard InChI is InChI=1S/C15H14N2O4/c1-8(9(2)15(18)19)14-16-13(17-21-14)11-7-20-12-6-4-3-5-10(11)12/h3-9H,1-2H3,(H,18,19). The summed E-state index contributed by atoms with van der Waals surface area (Å²) >= 11 is 0. The van der Waals surface area contributed by atoms with E-state index in [1.807, 2.05) is 24.3 Å². The number of aliphatic carboxylic acids is 1. The molecule has 0 fully saturated rings. The third-order valence-corrected chi connectivity index (χ3v) is 3.69. The summed E-state index contributed by atoms with van der Waals surface area (Å²) in [7, 11) is 0. The third-order valence-electron chi connectivity index (χ3n) is 3.69. The lowest BCUT2D eigenvalue weighted by Gasteiger charge is -2.10. The number of benzene rings is 1. The molecule has 2 unspecified atom stereocenters. The number of nitrogens with zero attached hydrogens (tertiary/aromatic N) is 2. The molecule has 3 aromatic rings. The van der Waals surface area contributed by atoms with Crippen molar-refractivity contribution in [3.05, 3.63) is 36.4 Å². The number of carboxylic acid groups (broad SMARTS) is 1. The summed E-state index contributed by atoms with van der Waals surface area (Å²) in [4.78, 5) is 15.3. The predicted octanol–water partition coefficient (Wildman–Crippen LogP) is 3.31. The second-order valence-corrected chi connectivity index (χ2v) is 5.02. The Bertz CT molecular complexity index is 790.